The molecule has 0 saturated heterocycles. The molecule has 1 heterocycles. The number of nitrogens with one attached hydrogen (secondary N) is 1. The monoisotopic (exact) mass is 265 g/mol. The molecule has 2 heteroatoms. The maximum absolute atomic E-state index is 10.6. The van der Waals surface area contributed by atoms with Crippen LogP contribution in [-0.4, -0.2) is 10.1 Å². The quantitative estimate of drug-likeness (QED) is 0.707. The van der Waals surface area contributed by atoms with Crippen molar-refractivity contribution in [3.8, 4) is 0 Å². The molecule has 102 valence electrons. The Morgan fingerprint density at radius 1 is 1.10 bits per heavy atom. The van der Waals surface area contributed by atoms with Crippen LogP contribution < -0.4 is 0 Å². The van der Waals surface area contributed by atoms with E-state index in [4.69, 9.17) is 0 Å². The molecular weight excluding hydrogens is 246 g/mol. The fourth-order valence-corrected chi connectivity index (χ4v) is 3.33. The van der Waals surface area contributed by atoms with E-state index in [1.165, 1.54) is 10.8 Å². The molecule has 2 unspecified atom stereocenters. The van der Waals surface area contributed by atoms with Crippen LogP contribution in [-0.2, 0) is 0 Å². The summed E-state index contributed by atoms with van der Waals surface area (Å²) in [6.07, 6.45) is 0.767. The van der Waals surface area contributed by atoms with E-state index in [0.717, 1.165) is 23.0 Å². The third-order valence-corrected chi connectivity index (χ3v) is 4.84. The van der Waals surface area contributed by atoms with Gasteiger partial charge in [0.15, 0.2) is 0 Å². The standard InChI is InChI=1S/C18H19NO/c1-18(2)10-14(18)17(20)11-7-8-16-13(9-11)12-5-3-4-6-15(12)19-16/h3-9,14,17,19-20H,10H2,1-2H3. The predicted octanol–water partition coefficient (Wildman–Crippen LogP) is 4.40. The number of hydrogen-bond acceptors (Lipinski definition) is 1. The summed E-state index contributed by atoms with van der Waals surface area (Å²) in [5.74, 6) is 0.394. The van der Waals surface area contributed by atoms with Crippen molar-refractivity contribution < 1.29 is 5.11 Å². The third-order valence-electron chi connectivity index (χ3n) is 4.84. The minimum atomic E-state index is -0.344. The van der Waals surface area contributed by atoms with Gasteiger partial charge in [-0.1, -0.05) is 38.1 Å². The zero-order valence-electron chi connectivity index (χ0n) is 11.9. The Kier molecular flexibility index (Phi) is 2.31. The van der Waals surface area contributed by atoms with E-state index in [1.807, 2.05) is 6.07 Å². The highest BCUT2D eigenvalue weighted by atomic mass is 16.3. The predicted molar refractivity (Wildman–Crippen MR) is 82.7 cm³/mol. The molecule has 2 N–H and O–H groups in total. The van der Waals surface area contributed by atoms with Crippen LogP contribution >= 0.6 is 0 Å². The van der Waals surface area contributed by atoms with Crippen LogP contribution in [0.4, 0.5) is 0 Å². The van der Waals surface area contributed by atoms with Crippen molar-refractivity contribution in [2.45, 2.75) is 26.4 Å². The van der Waals surface area contributed by atoms with Gasteiger partial charge >= 0.3 is 0 Å². The van der Waals surface area contributed by atoms with E-state index in [2.05, 4.69) is 55.2 Å². The average molecular weight is 265 g/mol. The topological polar surface area (TPSA) is 36.0 Å². The number of aliphatic hydroxyl groups excluding tert-OH is 1. The van der Waals surface area contributed by atoms with E-state index < -0.39 is 0 Å². The summed E-state index contributed by atoms with van der Waals surface area (Å²) in [7, 11) is 0. The van der Waals surface area contributed by atoms with Crippen molar-refractivity contribution in [3.05, 3.63) is 48.0 Å². The molecule has 0 aliphatic heterocycles. The summed E-state index contributed by atoms with van der Waals surface area (Å²) in [5, 5.41) is 13.0. The summed E-state index contributed by atoms with van der Waals surface area (Å²) >= 11 is 0. The Hall–Kier alpha value is -1.80. The lowest BCUT2D eigenvalue weighted by Gasteiger charge is -2.13. The molecule has 0 spiro atoms. The first-order chi connectivity index (χ1) is 9.56. The van der Waals surface area contributed by atoms with Crippen LogP contribution in [0.25, 0.3) is 21.8 Å². The molecule has 0 radical (unpaired) electrons. The number of H-pyrrole nitrogens is 1. The number of rotatable bonds is 2. The largest absolute Gasteiger partial charge is 0.388 e. The number of para-hydroxylation sites is 1. The Morgan fingerprint density at radius 3 is 2.55 bits per heavy atom. The zero-order chi connectivity index (χ0) is 13.9. The van der Waals surface area contributed by atoms with Crippen molar-refractivity contribution in [2.24, 2.45) is 11.3 Å². The van der Waals surface area contributed by atoms with Crippen molar-refractivity contribution in [1.29, 1.82) is 0 Å². The van der Waals surface area contributed by atoms with Gasteiger partial charge in [-0.25, -0.2) is 0 Å². The molecule has 2 nitrogen and oxygen atoms in total. The summed E-state index contributed by atoms with van der Waals surface area (Å²) in [6.45, 7) is 4.45. The lowest BCUT2D eigenvalue weighted by Crippen LogP contribution is -2.04. The Morgan fingerprint density at radius 2 is 1.80 bits per heavy atom. The summed E-state index contributed by atoms with van der Waals surface area (Å²) in [6, 6.07) is 14.6. The zero-order valence-corrected chi connectivity index (χ0v) is 11.9. The van der Waals surface area contributed by atoms with Gasteiger partial charge in [0.1, 0.15) is 0 Å². The Labute approximate surface area is 118 Å². The Bertz CT molecular complexity index is 799. The van der Waals surface area contributed by atoms with E-state index >= 15 is 0 Å². The van der Waals surface area contributed by atoms with Gasteiger partial charge in [-0.3, -0.25) is 0 Å². The maximum Gasteiger partial charge on any atom is 0.0823 e. The number of aliphatic hydroxyl groups is 1. The SMILES string of the molecule is CC1(C)CC1C(O)c1ccc2[nH]c3ccccc3c2c1. The van der Waals surface area contributed by atoms with E-state index in [1.54, 1.807) is 0 Å². The third kappa shape index (κ3) is 1.68. The molecule has 0 bridgehead atoms. The fourth-order valence-electron chi connectivity index (χ4n) is 3.33. The molecule has 0 amide bonds. The van der Waals surface area contributed by atoms with Crippen LogP contribution in [0.1, 0.15) is 31.9 Å². The van der Waals surface area contributed by atoms with Gasteiger partial charge in [0.25, 0.3) is 0 Å². The number of aromatic nitrogens is 1. The number of fused-ring (bicyclic) bond motifs is 3. The highest BCUT2D eigenvalue weighted by Gasteiger charge is 2.50. The first-order valence-electron chi connectivity index (χ1n) is 7.25. The molecule has 1 aromatic heterocycles. The van der Waals surface area contributed by atoms with Crippen molar-refractivity contribution in [1.82, 2.24) is 4.98 Å². The number of hydrogen-bond donors (Lipinski definition) is 2. The van der Waals surface area contributed by atoms with Crippen LogP contribution in [0.5, 0.6) is 0 Å². The summed E-state index contributed by atoms with van der Waals surface area (Å²) in [4.78, 5) is 3.42. The summed E-state index contributed by atoms with van der Waals surface area (Å²) in [5.41, 5.74) is 3.62. The highest BCUT2D eigenvalue weighted by Crippen LogP contribution is 2.57. The minimum absolute atomic E-state index is 0.286. The summed E-state index contributed by atoms with van der Waals surface area (Å²) < 4.78 is 0. The van der Waals surface area contributed by atoms with E-state index in [0.29, 0.717) is 5.92 Å². The first kappa shape index (κ1) is 12.0. The lowest BCUT2D eigenvalue weighted by molar-refractivity contribution is 0.138. The lowest BCUT2D eigenvalue weighted by atomic mass is 9.98. The van der Waals surface area contributed by atoms with Gasteiger partial charge in [-0.05, 0) is 41.5 Å². The fraction of sp³-hybridized carbons (Fsp3) is 0.333. The minimum Gasteiger partial charge on any atom is -0.388 e. The van der Waals surface area contributed by atoms with Crippen LogP contribution in [0, 0.1) is 11.3 Å². The molecule has 3 aromatic rings. The molecule has 1 saturated carbocycles. The second kappa shape index (κ2) is 3.86. The van der Waals surface area contributed by atoms with E-state index in [-0.39, 0.29) is 11.5 Å². The second-order valence-electron chi connectivity index (χ2n) is 6.72. The van der Waals surface area contributed by atoms with Gasteiger partial charge in [0.2, 0.25) is 0 Å². The average Bonchev–Trinajstić information content (AvgIpc) is 2.93. The molecule has 1 aliphatic carbocycles. The van der Waals surface area contributed by atoms with Crippen LogP contribution in [0.2, 0.25) is 0 Å². The molecule has 2 aromatic carbocycles. The van der Waals surface area contributed by atoms with Crippen LogP contribution in [0.15, 0.2) is 42.5 Å². The molecule has 1 fully saturated rings. The normalized spacial score (nSPS) is 22.2. The van der Waals surface area contributed by atoms with Crippen molar-refractivity contribution in [2.75, 3.05) is 0 Å². The van der Waals surface area contributed by atoms with Gasteiger partial charge in [-0.15, -0.1) is 0 Å². The molecule has 1 aliphatic rings. The first-order valence-corrected chi connectivity index (χ1v) is 7.25. The van der Waals surface area contributed by atoms with Gasteiger partial charge in [0, 0.05) is 21.8 Å². The van der Waals surface area contributed by atoms with Gasteiger partial charge < -0.3 is 10.1 Å². The van der Waals surface area contributed by atoms with Crippen molar-refractivity contribution in [3.63, 3.8) is 0 Å². The number of benzene rings is 2. The second-order valence-corrected chi connectivity index (χ2v) is 6.72. The molecule has 20 heavy (non-hydrogen) atoms. The molecule has 2 atom stereocenters. The molecular formula is C18H19NO. The van der Waals surface area contributed by atoms with Gasteiger partial charge in [-0.2, -0.15) is 0 Å². The number of aromatic amines is 1. The highest BCUT2D eigenvalue weighted by molar-refractivity contribution is 6.07. The van der Waals surface area contributed by atoms with Gasteiger partial charge in [0.05, 0.1) is 6.10 Å². The van der Waals surface area contributed by atoms with Crippen molar-refractivity contribution >= 4 is 21.8 Å². The smallest absolute Gasteiger partial charge is 0.0823 e. The van der Waals surface area contributed by atoms with Crippen LogP contribution in [0.3, 0.4) is 0 Å². The Balaban J connectivity index is 1.84. The van der Waals surface area contributed by atoms with E-state index in [9.17, 15) is 5.11 Å². The maximum atomic E-state index is 10.6. The molecule has 4 rings (SSSR count).